The van der Waals surface area contributed by atoms with E-state index in [1.807, 2.05) is 6.92 Å². The molecule has 0 fully saturated rings. The van der Waals surface area contributed by atoms with Crippen molar-refractivity contribution in [2.45, 2.75) is 25.5 Å². The molecule has 18 heavy (non-hydrogen) atoms. The van der Waals surface area contributed by atoms with Crippen molar-refractivity contribution in [2.75, 3.05) is 4.72 Å². The average Bonchev–Trinajstić information content (AvgIpc) is 2.84. The summed E-state index contributed by atoms with van der Waals surface area (Å²) in [4.78, 5) is 4.01. The molecule has 0 atom stereocenters. The van der Waals surface area contributed by atoms with Gasteiger partial charge >= 0.3 is 0 Å². The number of hydrogen-bond acceptors (Lipinski definition) is 5. The zero-order valence-electron chi connectivity index (χ0n) is 9.71. The maximum absolute atomic E-state index is 12.0. The number of halogens is 1. The summed E-state index contributed by atoms with van der Waals surface area (Å²) in [6.07, 6.45) is 1.29. The van der Waals surface area contributed by atoms with Crippen LogP contribution in [-0.2, 0) is 16.6 Å². The Balaban J connectivity index is 2.36. The van der Waals surface area contributed by atoms with Gasteiger partial charge in [-0.3, -0.25) is 0 Å². The van der Waals surface area contributed by atoms with Crippen LogP contribution >= 0.6 is 15.9 Å². The molecule has 0 aliphatic carbocycles. The molecule has 0 radical (unpaired) electrons. The average molecular weight is 335 g/mol. The Hall–Kier alpha value is -1.35. The zero-order valence-corrected chi connectivity index (χ0v) is 12.1. The molecule has 0 spiro atoms. The molecule has 9 heteroatoms. The first-order valence-electron chi connectivity index (χ1n) is 5.11. The van der Waals surface area contributed by atoms with Gasteiger partial charge in [-0.2, -0.15) is 18.5 Å². The van der Waals surface area contributed by atoms with Crippen LogP contribution in [0.15, 0.2) is 26.3 Å². The van der Waals surface area contributed by atoms with E-state index in [-0.39, 0.29) is 11.0 Å². The first-order chi connectivity index (χ1) is 8.44. The van der Waals surface area contributed by atoms with E-state index in [4.69, 9.17) is 4.42 Å². The number of aromatic nitrogens is 3. The van der Waals surface area contributed by atoms with Crippen LogP contribution in [0.25, 0.3) is 0 Å². The van der Waals surface area contributed by atoms with E-state index >= 15 is 0 Å². The summed E-state index contributed by atoms with van der Waals surface area (Å²) in [5.74, 6) is 0.659. The van der Waals surface area contributed by atoms with Crippen LogP contribution in [0.3, 0.4) is 0 Å². The van der Waals surface area contributed by atoms with Crippen molar-refractivity contribution in [2.24, 2.45) is 0 Å². The summed E-state index contributed by atoms with van der Waals surface area (Å²) < 4.78 is 33.2. The lowest BCUT2D eigenvalue weighted by molar-refractivity contribution is 0.448. The molecule has 0 aliphatic heterocycles. The van der Waals surface area contributed by atoms with Crippen LogP contribution in [0.5, 0.6) is 0 Å². The van der Waals surface area contributed by atoms with Crippen LogP contribution < -0.4 is 4.72 Å². The molecule has 2 aromatic heterocycles. The van der Waals surface area contributed by atoms with Crippen molar-refractivity contribution in [1.82, 2.24) is 14.8 Å². The number of anilines is 1. The second kappa shape index (κ2) is 4.73. The third kappa shape index (κ3) is 2.41. The third-order valence-corrected chi connectivity index (χ3v) is 4.27. The lowest BCUT2D eigenvalue weighted by Crippen LogP contribution is -2.16. The molecule has 2 rings (SSSR count). The van der Waals surface area contributed by atoms with Crippen LogP contribution in [0, 0.1) is 6.92 Å². The second-order valence-corrected chi connectivity index (χ2v) is 5.90. The summed E-state index contributed by atoms with van der Waals surface area (Å²) in [5, 5.41) is 3.86. The molecule has 7 nitrogen and oxygen atoms in total. The Morgan fingerprint density at radius 1 is 1.56 bits per heavy atom. The maximum atomic E-state index is 12.0. The number of furan rings is 1. The predicted molar refractivity (Wildman–Crippen MR) is 67.6 cm³/mol. The van der Waals surface area contributed by atoms with Gasteiger partial charge in [0.1, 0.15) is 5.82 Å². The number of sulfonamides is 1. The van der Waals surface area contributed by atoms with Gasteiger partial charge in [0.25, 0.3) is 15.1 Å². The third-order valence-electron chi connectivity index (χ3n) is 2.13. The van der Waals surface area contributed by atoms with Gasteiger partial charge in [-0.1, -0.05) is 0 Å². The molecule has 1 N–H and O–H groups in total. The first-order valence-corrected chi connectivity index (χ1v) is 7.39. The van der Waals surface area contributed by atoms with E-state index in [1.165, 1.54) is 17.0 Å². The van der Waals surface area contributed by atoms with Gasteiger partial charge in [0.15, 0.2) is 0 Å². The quantitative estimate of drug-likeness (QED) is 0.919. The highest BCUT2D eigenvalue weighted by Gasteiger charge is 2.23. The Labute approximate surface area is 112 Å². The number of nitrogens with one attached hydrogen (secondary N) is 1. The predicted octanol–water partition coefficient (Wildman–Crippen LogP) is 1.76. The van der Waals surface area contributed by atoms with Crippen LogP contribution in [0.1, 0.15) is 12.7 Å². The smallest absolute Gasteiger partial charge is 0.298 e. The lowest BCUT2D eigenvalue weighted by atomic mass is 10.7. The van der Waals surface area contributed by atoms with Crippen molar-refractivity contribution in [1.29, 1.82) is 0 Å². The minimum Gasteiger partial charge on any atom is -0.450 e. The van der Waals surface area contributed by atoms with Gasteiger partial charge in [0, 0.05) is 6.54 Å². The fourth-order valence-electron chi connectivity index (χ4n) is 1.39. The molecular formula is C9H11BrN4O3S. The molecule has 0 aliphatic rings. The van der Waals surface area contributed by atoms with Gasteiger partial charge in [-0.15, -0.1) is 0 Å². The van der Waals surface area contributed by atoms with Crippen molar-refractivity contribution >= 4 is 31.9 Å². The summed E-state index contributed by atoms with van der Waals surface area (Å²) >= 11 is 3.10. The molecular weight excluding hydrogens is 324 g/mol. The second-order valence-electron chi connectivity index (χ2n) is 3.46. The Kier molecular flexibility index (Phi) is 3.44. The van der Waals surface area contributed by atoms with Crippen molar-refractivity contribution < 1.29 is 12.8 Å². The number of aryl methyl sites for hydroxylation is 2. The van der Waals surface area contributed by atoms with Crippen LogP contribution in [0.4, 0.5) is 5.95 Å². The minimum atomic E-state index is -3.81. The number of rotatable bonds is 4. The summed E-state index contributed by atoms with van der Waals surface area (Å²) in [6, 6.07) is 1.50. The molecule has 0 amide bonds. The fraction of sp³-hybridized carbons (Fsp3) is 0.333. The van der Waals surface area contributed by atoms with Gasteiger partial charge in [-0.25, -0.2) is 9.40 Å². The van der Waals surface area contributed by atoms with Gasteiger partial charge in [-0.05, 0) is 35.8 Å². The number of hydrogen-bond donors (Lipinski definition) is 1. The molecule has 2 heterocycles. The molecule has 98 valence electrons. The topological polar surface area (TPSA) is 90.0 Å². The Morgan fingerprint density at radius 3 is 2.83 bits per heavy atom. The van der Waals surface area contributed by atoms with E-state index in [1.54, 1.807) is 6.92 Å². The van der Waals surface area contributed by atoms with Crippen molar-refractivity contribution in [3.05, 3.63) is 22.6 Å². The summed E-state index contributed by atoms with van der Waals surface area (Å²) in [6.45, 7) is 4.04. The SMILES string of the molecule is CCn1nc(C)nc1NS(=O)(=O)c1occc1Br. The van der Waals surface area contributed by atoms with E-state index in [0.717, 1.165) is 0 Å². The van der Waals surface area contributed by atoms with Gasteiger partial charge < -0.3 is 4.42 Å². The molecule has 0 unspecified atom stereocenters. The highest BCUT2D eigenvalue weighted by Crippen LogP contribution is 2.24. The first kappa shape index (κ1) is 13.1. The van der Waals surface area contributed by atoms with E-state index < -0.39 is 10.0 Å². The molecule has 0 bridgehead atoms. The standard InChI is InChI=1S/C9H11BrN4O3S/c1-3-14-9(11-6(2)12-14)13-18(15,16)8-7(10)4-5-17-8/h4-5H,3H2,1-2H3,(H,11,12,13). The highest BCUT2D eigenvalue weighted by atomic mass is 79.9. The molecule has 0 saturated heterocycles. The Morgan fingerprint density at radius 2 is 2.28 bits per heavy atom. The summed E-state index contributed by atoms with van der Waals surface area (Å²) in [5.41, 5.74) is 0. The normalized spacial score (nSPS) is 11.7. The fourth-order valence-corrected chi connectivity index (χ4v) is 3.22. The van der Waals surface area contributed by atoms with Crippen molar-refractivity contribution in [3.63, 3.8) is 0 Å². The zero-order chi connectivity index (χ0) is 13.3. The van der Waals surface area contributed by atoms with Gasteiger partial charge in [0.05, 0.1) is 10.7 Å². The monoisotopic (exact) mass is 334 g/mol. The summed E-state index contributed by atoms with van der Waals surface area (Å²) in [7, 11) is -3.81. The van der Waals surface area contributed by atoms with E-state index in [2.05, 4.69) is 30.7 Å². The number of nitrogens with zero attached hydrogens (tertiary/aromatic N) is 3. The van der Waals surface area contributed by atoms with Gasteiger partial charge in [0.2, 0.25) is 5.95 Å². The minimum absolute atomic E-state index is 0.165. The molecule has 0 aromatic carbocycles. The van der Waals surface area contributed by atoms with Crippen molar-refractivity contribution in [3.8, 4) is 0 Å². The Bertz CT molecular complexity index is 661. The van der Waals surface area contributed by atoms with Crippen LogP contribution in [0.2, 0.25) is 0 Å². The lowest BCUT2D eigenvalue weighted by Gasteiger charge is -2.05. The molecule has 2 aromatic rings. The van der Waals surface area contributed by atoms with E-state index in [9.17, 15) is 8.42 Å². The van der Waals surface area contributed by atoms with Crippen LogP contribution in [-0.4, -0.2) is 23.2 Å². The largest absolute Gasteiger partial charge is 0.450 e. The highest BCUT2D eigenvalue weighted by molar-refractivity contribution is 9.10. The maximum Gasteiger partial charge on any atom is 0.298 e. The molecule has 0 saturated carbocycles. The van der Waals surface area contributed by atoms with E-state index in [0.29, 0.717) is 16.8 Å².